The predicted molar refractivity (Wildman–Crippen MR) is 82.9 cm³/mol. The maximum atomic E-state index is 11.8. The number of carbonyl (C=O) groups excluding carboxylic acids is 1. The number of amides is 1. The number of nitrogens with zero attached hydrogens (tertiary/aromatic N) is 1. The molecule has 0 radical (unpaired) electrons. The van der Waals surface area contributed by atoms with E-state index in [1.54, 1.807) is 0 Å². The summed E-state index contributed by atoms with van der Waals surface area (Å²) in [6.07, 6.45) is 0. The van der Waals surface area contributed by atoms with Crippen LogP contribution < -0.4 is 10.6 Å². The van der Waals surface area contributed by atoms with Gasteiger partial charge in [0.25, 0.3) is 0 Å². The molecular weight excluding hydrogens is 322 g/mol. The summed E-state index contributed by atoms with van der Waals surface area (Å²) < 4.78 is 6.18. The number of para-hydroxylation sites is 1. The van der Waals surface area contributed by atoms with E-state index in [1.807, 2.05) is 24.3 Å². The van der Waals surface area contributed by atoms with E-state index in [0.29, 0.717) is 6.54 Å². The Kier molecular flexibility index (Phi) is 6.46. The van der Waals surface area contributed by atoms with Gasteiger partial charge in [0.05, 0.1) is 25.4 Å². The number of rotatable bonds is 6. The Balaban J connectivity index is 1.61. The van der Waals surface area contributed by atoms with Crippen molar-refractivity contribution in [2.24, 2.45) is 0 Å². The van der Waals surface area contributed by atoms with Gasteiger partial charge in [0, 0.05) is 30.7 Å². The Hall–Kier alpha value is -0.950. The fourth-order valence-electron chi connectivity index (χ4n) is 2.02. The van der Waals surface area contributed by atoms with E-state index >= 15 is 0 Å². The van der Waals surface area contributed by atoms with Crippen molar-refractivity contribution in [3.05, 3.63) is 28.7 Å². The average molecular weight is 342 g/mol. The maximum Gasteiger partial charge on any atom is 0.238 e. The molecule has 6 heteroatoms. The second kappa shape index (κ2) is 8.36. The zero-order valence-electron chi connectivity index (χ0n) is 11.4. The highest BCUT2D eigenvalue weighted by molar-refractivity contribution is 9.10. The number of hydrogen-bond acceptors (Lipinski definition) is 4. The molecule has 1 fully saturated rings. The van der Waals surface area contributed by atoms with E-state index in [9.17, 15) is 4.79 Å². The molecule has 0 atom stereocenters. The lowest BCUT2D eigenvalue weighted by Gasteiger charge is -2.26. The zero-order chi connectivity index (χ0) is 14.2. The van der Waals surface area contributed by atoms with Gasteiger partial charge in [-0.2, -0.15) is 0 Å². The van der Waals surface area contributed by atoms with Gasteiger partial charge in [-0.05, 0) is 28.1 Å². The van der Waals surface area contributed by atoms with Gasteiger partial charge in [-0.3, -0.25) is 9.69 Å². The molecule has 2 rings (SSSR count). The maximum absolute atomic E-state index is 11.8. The van der Waals surface area contributed by atoms with Crippen LogP contribution in [0.15, 0.2) is 28.7 Å². The first-order valence-corrected chi connectivity index (χ1v) is 7.60. The molecule has 1 heterocycles. The minimum absolute atomic E-state index is 0.0288. The van der Waals surface area contributed by atoms with E-state index in [2.05, 4.69) is 31.5 Å². The fourth-order valence-corrected chi connectivity index (χ4v) is 2.40. The summed E-state index contributed by atoms with van der Waals surface area (Å²) >= 11 is 3.41. The molecule has 1 aliphatic heterocycles. The first kappa shape index (κ1) is 15.4. The van der Waals surface area contributed by atoms with Crippen LogP contribution in [0, 0.1) is 0 Å². The predicted octanol–water partition coefficient (Wildman–Crippen LogP) is 1.31. The molecule has 0 aliphatic carbocycles. The summed E-state index contributed by atoms with van der Waals surface area (Å²) in [6, 6.07) is 7.59. The molecule has 0 saturated carbocycles. The number of carbonyl (C=O) groups is 1. The van der Waals surface area contributed by atoms with Crippen molar-refractivity contribution in [1.82, 2.24) is 10.2 Å². The fraction of sp³-hybridized carbons (Fsp3) is 0.500. The van der Waals surface area contributed by atoms with Gasteiger partial charge in [-0.1, -0.05) is 12.1 Å². The monoisotopic (exact) mass is 341 g/mol. The Morgan fingerprint density at radius 2 is 2.05 bits per heavy atom. The molecule has 1 saturated heterocycles. The first-order chi connectivity index (χ1) is 9.75. The third-order valence-corrected chi connectivity index (χ3v) is 3.83. The third kappa shape index (κ3) is 5.20. The lowest BCUT2D eigenvalue weighted by Crippen LogP contribution is -2.41. The van der Waals surface area contributed by atoms with Gasteiger partial charge in [0.15, 0.2) is 0 Å². The molecule has 5 nitrogen and oxygen atoms in total. The van der Waals surface area contributed by atoms with E-state index in [0.717, 1.165) is 49.6 Å². The number of nitrogens with one attached hydrogen (secondary N) is 2. The van der Waals surface area contributed by atoms with Gasteiger partial charge in [-0.15, -0.1) is 0 Å². The van der Waals surface area contributed by atoms with E-state index in [-0.39, 0.29) is 5.91 Å². The SMILES string of the molecule is O=C(CNCCN1CCOCC1)Nc1ccccc1Br. The van der Waals surface area contributed by atoms with E-state index in [1.165, 1.54) is 0 Å². The summed E-state index contributed by atoms with van der Waals surface area (Å²) in [5.74, 6) is -0.0288. The van der Waals surface area contributed by atoms with Gasteiger partial charge >= 0.3 is 0 Å². The lowest BCUT2D eigenvalue weighted by atomic mass is 10.3. The van der Waals surface area contributed by atoms with Crippen molar-refractivity contribution in [3.63, 3.8) is 0 Å². The number of hydrogen-bond donors (Lipinski definition) is 2. The van der Waals surface area contributed by atoms with E-state index < -0.39 is 0 Å². The second-order valence-electron chi connectivity index (χ2n) is 4.66. The Morgan fingerprint density at radius 3 is 2.80 bits per heavy atom. The van der Waals surface area contributed by atoms with Crippen molar-refractivity contribution in [2.45, 2.75) is 0 Å². The summed E-state index contributed by atoms with van der Waals surface area (Å²) in [5.41, 5.74) is 0.799. The highest BCUT2D eigenvalue weighted by Gasteiger charge is 2.09. The van der Waals surface area contributed by atoms with E-state index in [4.69, 9.17) is 4.74 Å². The van der Waals surface area contributed by atoms with Crippen molar-refractivity contribution in [3.8, 4) is 0 Å². The number of halogens is 1. The first-order valence-electron chi connectivity index (χ1n) is 6.81. The van der Waals surface area contributed by atoms with Gasteiger partial charge in [0.1, 0.15) is 0 Å². The van der Waals surface area contributed by atoms with Gasteiger partial charge in [-0.25, -0.2) is 0 Å². The second-order valence-corrected chi connectivity index (χ2v) is 5.51. The molecule has 2 N–H and O–H groups in total. The van der Waals surface area contributed by atoms with Crippen LogP contribution in [0.3, 0.4) is 0 Å². The van der Waals surface area contributed by atoms with Crippen molar-refractivity contribution < 1.29 is 9.53 Å². The summed E-state index contributed by atoms with van der Waals surface area (Å²) in [7, 11) is 0. The van der Waals surface area contributed by atoms with Crippen molar-refractivity contribution >= 4 is 27.5 Å². The van der Waals surface area contributed by atoms with Crippen LogP contribution in [-0.4, -0.2) is 56.7 Å². The highest BCUT2D eigenvalue weighted by Crippen LogP contribution is 2.20. The molecule has 1 amide bonds. The number of anilines is 1. The van der Waals surface area contributed by atoms with Crippen LogP contribution in [0.4, 0.5) is 5.69 Å². The number of benzene rings is 1. The quantitative estimate of drug-likeness (QED) is 0.766. The van der Waals surface area contributed by atoms with Gasteiger partial charge < -0.3 is 15.4 Å². The smallest absolute Gasteiger partial charge is 0.238 e. The molecule has 1 aromatic carbocycles. The van der Waals surface area contributed by atoms with Crippen LogP contribution in [0.1, 0.15) is 0 Å². The van der Waals surface area contributed by atoms with Crippen LogP contribution in [0.2, 0.25) is 0 Å². The minimum atomic E-state index is -0.0288. The van der Waals surface area contributed by atoms with Crippen LogP contribution >= 0.6 is 15.9 Å². The van der Waals surface area contributed by atoms with Gasteiger partial charge in [0.2, 0.25) is 5.91 Å². The van der Waals surface area contributed by atoms with Crippen LogP contribution in [0.5, 0.6) is 0 Å². The molecule has 0 unspecified atom stereocenters. The summed E-state index contributed by atoms with van der Waals surface area (Å²) in [4.78, 5) is 14.1. The van der Waals surface area contributed by atoms with Crippen molar-refractivity contribution in [2.75, 3.05) is 51.3 Å². The average Bonchev–Trinajstić information content (AvgIpc) is 2.47. The molecule has 110 valence electrons. The molecule has 1 aliphatic rings. The number of ether oxygens (including phenoxy) is 1. The molecule has 20 heavy (non-hydrogen) atoms. The Bertz CT molecular complexity index is 436. The summed E-state index contributed by atoms with van der Waals surface area (Å²) in [5, 5.41) is 6.03. The molecule has 0 spiro atoms. The highest BCUT2D eigenvalue weighted by atomic mass is 79.9. The standard InChI is InChI=1S/C14H20BrN3O2/c15-12-3-1-2-4-13(12)17-14(19)11-16-5-6-18-7-9-20-10-8-18/h1-4,16H,5-11H2,(H,17,19). The topological polar surface area (TPSA) is 53.6 Å². The summed E-state index contributed by atoms with van der Waals surface area (Å²) in [6.45, 7) is 5.65. The Labute approximate surface area is 127 Å². The van der Waals surface area contributed by atoms with Crippen LogP contribution in [0.25, 0.3) is 0 Å². The number of morpholine rings is 1. The molecule has 1 aromatic rings. The zero-order valence-corrected chi connectivity index (χ0v) is 13.0. The minimum Gasteiger partial charge on any atom is -0.379 e. The molecular formula is C14H20BrN3O2. The van der Waals surface area contributed by atoms with Crippen molar-refractivity contribution in [1.29, 1.82) is 0 Å². The molecule has 0 aromatic heterocycles. The Morgan fingerprint density at radius 1 is 1.30 bits per heavy atom. The normalized spacial score (nSPS) is 16.1. The third-order valence-electron chi connectivity index (χ3n) is 3.14. The molecule has 0 bridgehead atoms. The lowest BCUT2D eigenvalue weighted by molar-refractivity contribution is -0.115. The van der Waals surface area contributed by atoms with Crippen LogP contribution in [-0.2, 0) is 9.53 Å². The largest absolute Gasteiger partial charge is 0.379 e.